The molecule has 4 amide bonds. The number of hydrogen-bond acceptors (Lipinski definition) is 6. The van der Waals surface area contributed by atoms with E-state index in [-0.39, 0.29) is 42.0 Å². The number of rotatable bonds is 3. The van der Waals surface area contributed by atoms with Gasteiger partial charge in [0.1, 0.15) is 5.75 Å². The van der Waals surface area contributed by atoms with E-state index in [0.717, 1.165) is 9.78 Å². The van der Waals surface area contributed by atoms with Gasteiger partial charge in [0.25, 0.3) is 11.8 Å². The van der Waals surface area contributed by atoms with E-state index in [1.807, 2.05) is 23.6 Å². The number of likely N-dealkylation sites (tertiary alicyclic amines) is 2. The Morgan fingerprint density at radius 3 is 2.51 bits per heavy atom. The van der Waals surface area contributed by atoms with Crippen molar-refractivity contribution >= 4 is 69.8 Å². The van der Waals surface area contributed by atoms with Crippen LogP contribution in [-0.2, 0) is 25.7 Å². The molecule has 2 aromatic rings. The second-order valence-corrected chi connectivity index (χ2v) is 12.7. The normalized spacial score (nSPS) is 35.0. The molecule has 0 unspecified atom stereocenters. The summed E-state index contributed by atoms with van der Waals surface area (Å²) >= 11 is 22.2. The molecule has 7 nitrogen and oxygen atoms in total. The molecule has 1 N–H and O–H groups in total. The first-order valence-corrected chi connectivity index (χ1v) is 13.8. The monoisotopic (exact) mass is 578 g/mol. The molecule has 0 bridgehead atoms. The number of alkyl halides is 2. The van der Waals surface area contributed by atoms with E-state index >= 15 is 0 Å². The van der Waals surface area contributed by atoms with Crippen LogP contribution in [0.2, 0.25) is 5.02 Å². The second-order valence-electron chi connectivity index (χ2n) is 10.0. The SMILES string of the molecule is CN1C(=O)[C@]2(Cl)C[C@@H]3C(=CC[C@@H]4C(=O)N(Cc5cccs5)C(=O)[C@@H]43)[C@H](c3ccc(O)cc3Cl)[C@]2(Cl)C1=O. The van der Waals surface area contributed by atoms with E-state index in [4.69, 9.17) is 34.8 Å². The van der Waals surface area contributed by atoms with Gasteiger partial charge >= 0.3 is 0 Å². The van der Waals surface area contributed by atoms with Gasteiger partial charge in [-0.1, -0.05) is 35.4 Å². The van der Waals surface area contributed by atoms with Crippen molar-refractivity contribution in [2.75, 3.05) is 7.05 Å². The third-order valence-corrected chi connectivity index (χ3v) is 10.9. The van der Waals surface area contributed by atoms with Crippen LogP contribution in [0.5, 0.6) is 5.75 Å². The third-order valence-electron chi connectivity index (χ3n) is 8.29. The average molecular weight is 580 g/mol. The van der Waals surface area contributed by atoms with Crippen molar-refractivity contribution < 1.29 is 24.3 Å². The Bertz CT molecular complexity index is 1410. The smallest absolute Gasteiger partial charge is 0.253 e. The fraction of sp³-hybridized carbons (Fsp3) is 0.385. The van der Waals surface area contributed by atoms with Crippen molar-refractivity contribution in [1.29, 1.82) is 0 Å². The highest BCUT2D eigenvalue weighted by Crippen LogP contribution is 2.65. The van der Waals surface area contributed by atoms with Gasteiger partial charge in [0.15, 0.2) is 9.75 Å². The Balaban J connectivity index is 1.50. The van der Waals surface area contributed by atoms with Gasteiger partial charge in [-0.3, -0.25) is 29.0 Å². The molecule has 0 spiro atoms. The van der Waals surface area contributed by atoms with E-state index in [0.29, 0.717) is 11.1 Å². The van der Waals surface area contributed by atoms with E-state index in [1.165, 1.54) is 35.4 Å². The zero-order chi connectivity index (χ0) is 26.4. The van der Waals surface area contributed by atoms with Gasteiger partial charge in [-0.25, -0.2) is 0 Å². The predicted octanol–water partition coefficient (Wildman–Crippen LogP) is 4.30. The molecule has 6 atom stereocenters. The average Bonchev–Trinajstić information content (AvgIpc) is 3.49. The van der Waals surface area contributed by atoms with Gasteiger partial charge in [-0.05, 0) is 47.9 Å². The van der Waals surface area contributed by atoms with Crippen LogP contribution >= 0.6 is 46.1 Å². The first kappa shape index (κ1) is 24.9. The summed E-state index contributed by atoms with van der Waals surface area (Å²) in [4.78, 5) is 53.4. The first-order chi connectivity index (χ1) is 17.5. The molecule has 2 aliphatic carbocycles. The number of nitrogens with zero attached hydrogens (tertiary/aromatic N) is 2. The summed E-state index contributed by atoms with van der Waals surface area (Å²) in [6, 6.07) is 8.04. The maximum atomic E-state index is 13.8. The Labute approximate surface area is 231 Å². The van der Waals surface area contributed by atoms with E-state index in [2.05, 4.69) is 0 Å². The molecule has 1 aromatic carbocycles. The largest absolute Gasteiger partial charge is 0.508 e. The number of phenols is 1. The minimum Gasteiger partial charge on any atom is -0.508 e. The Morgan fingerprint density at radius 2 is 1.84 bits per heavy atom. The van der Waals surface area contributed by atoms with Crippen molar-refractivity contribution in [3.05, 3.63) is 62.8 Å². The number of fused-ring (bicyclic) bond motifs is 4. The molecule has 2 aliphatic heterocycles. The van der Waals surface area contributed by atoms with Gasteiger partial charge in [0.2, 0.25) is 11.8 Å². The fourth-order valence-corrected chi connectivity index (χ4v) is 8.61. The number of imide groups is 2. The molecule has 0 radical (unpaired) electrons. The number of aromatic hydroxyl groups is 1. The minimum absolute atomic E-state index is 0.0714. The number of halogens is 3. The lowest BCUT2D eigenvalue weighted by Crippen LogP contribution is -2.60. The lowest BCUT2D eigenvalue weighted by molar-refractivity contribution is -0.141. The van der Waals surface area contributed by atoms with Crippen molar-refractivity contribution in [3.63, 3.8) is 0 Å². The van der Waals surface area contributed by atoms with Gasteiger partial charge in [-0.15, -0.1) is 34.5 Å². The van der Waals surface area contributed by atoms with E-state index in [9.17, 15) is 24.3 Å². The fourth-order valence-electron chi connectivity index (χ4n) is 6.62. The first-order valence-electron chi connectivity index (χ1n) is 11.8. The summed E-state index contributed by atoms with van der Waals surface area (Å²) in [5.74, 6) is -4.84. The number of phenolic OH excluding ortho intramolecular Hbond substituents is 1. The highest BCUT2D eigenvalue weighted by atomic mass is 35.5. The lowest BCUT2D eigenvalue weighted by atomic mass is 9.56. The van der Waals surface area contributed by atoms with E-state index < -0.39 is 45.2 Å². The number of carbonyl (C=O) groups is 4. The van der Waals surface area contributed by atoms with Gasteiger partial charge < -0.3 is 5.11 Å². The highest BCUT2D eigenvalue weighted by molar-refractivity contribution is 7.09. The Morgan fingerprint density at radius 1 is 1.08 bits per heavy atom. The van der Waals surface area contributed by atoms with Crippen LogP contribution in [-0.4, -0.2) is 55.3 Å². The van der Waals surface area contributed by atoms with Crippen LogP contribution in [0.15, 0.2) is 47.4 Å². The molecular formula is C26H21Cl3N2O5S. The summed E-state index contributed by atoms with van der Waals surface area (Å²) < 4.78 is 0. The van der Waals surface area contributed by atoms with Crippen molar-refractivity contribution in [2.45, 2.75) is 35.1 Å². The number of amides is 4. The standard InChI is InChI=1S/C26H21Cl3N2O5S/c1-30-23(35)25(28)10-17-14(20(26(25,29)24(30)36)15-5-4-12(32)9-18(15)27)6-7-16-19(17)22(34)31(21(16)33)11-13-3-2-8-37-13/h2-6,8-9,16-17,19-20,32H,7,10-11H2,1H3/t16-,17+,19-,20+,25+,26-/m0/s1. The summed E-state index contributed by atoms with van der Waals surface area (Å²) in [7, 11) is 1.33. The topological polar surface area (TPSA) is 95.0 Å². The van der Waals surface area contributed by atoms with Crippen LogP contribution in [0.25, 0.3) is 0 Å². The zero-order valence-electron chi connectivity index (χ0n) is 19.5. The quantitative estimate of drug-likeness (QED) is 0.333. The second kappa shape index (κ2) is 8.30. The molecule has 37 heavy (non-hydrogen) atoms. The van der Waals surface area contributed by atoms with Crippen LogP contribution in [0.1, 0.15) is 29.2 Å². The van der Waals surface area contributed by atoms with Crippen LogP contribution in [0, 0.1) is 17.8 Å². The molecule has 1 saturated carbocycles. The molecule has 3 heterocycles. The van der Waals surface area contributed by atoms with Crippen LogP contribution < -0.4 is 0 Å². The molecular weight excluding hydrogens is 559 g/mol. The van der Waals surface area contributed by atoms with Crippen LogP contribution in [0.3, 0.4) is 0 Å². The Kier molecular flexibility index (Phi) is 5.59. The predicted molar refractivity (Wildman–Crippen MR) is 138 cm³/mol. The van der Waals surface area contributed by atoms with E-state index in [1.54, 1.807) is 6.07 Å². The molecule has 3 fully saturated rings. The highest BCUT2D eigenvalue weighted by Gasteiger charge is 2.76. The maximum absolute atomic E-state index is 13.8. The number of hydrogen-bond donors (Lipinski definition) is 1. The van der Waals surface area contributed by atoms with Crippen molar-refractivity contribution in [3.8, 4) is 5.75 Å². The summed E-state index contributed by atoms with van der Waals surface area (Å²) in [6.45, 7) is 0.184. The molecule has 11 heteroatoms. The number of thiophene rings is 1. The maximum Gasteiger partial charge on any atom is 0.253 e. The van der Waals surface area contributed by atoms with Crippen LogP contribution in [0.4, 0.5) is 0 Å². The number of carbonyl (C=O) groups excluding carboxylic acids is 4. The summed E-state index contributed by atoms with van der Waals surface area (Å²) in [5, 5.41) is 12.0. The van der Waals surface area contributed by atoms with Crippen molar-refractivity contribution in [2.24, 2.45) is 17.8 Å². The molecule has 1 aromatic heterocycles. The van der Waals surface area contributed by atoms with Gasteiger partial charge in [-0.2, -0.15) is 0 Å². The van der Waals surface area contributed by atoms with Gasteiger partial charge in [0, 0.05) is 22.9 Å². The third kappa shape index (κ3) is 3.19. The molecule has 192 valence electrons. The minimum atomic E-state index is -1.90. The lowest BCUT2D eigenvalue weighted by Gasteiger charge is -2.51. The molecule has 6 rings (SSSR count). The molecule has 4 aliphatic rings. The summed E-state index contributed by atoms with van der Waals surface area (Å²) in [5.41, 5.74) is 1.08. The molecule has 2 saturated heterocycles. The number of allylic oxidation sites excluding steroid dienone is 2. The number of benzene rings is 1. The zero-order valence-corrected chi connectivity index (χ0v) is 22.6. The van der Waals surface area contributed by atoms with Crippen molar-refractivity contribution in [1.82, 2.24) is 9.80 Å². The Hall–Kier alpha value is -2.39. The van der Waals surface area contributed by atoms with Gasteiger partial charge in [0.05, 0.1) is 18.4 Å². The summed E-state index contributed by atoms with van der Waals surface area (Å²) in [6.07, 6.45) is 2.07.